The van der Waals surface area contributed by atoms with E-state index < -0.39 is 0 Å². The first-order chi connectivity index (χ1) is 14.1. The van der Waals surface area contributed by atoms with Crippen LogP contribution in [-0.4, -0.2) is 51.4 Å². The SMILES string of the molecule is COc1ccc(Cn2nnnc2SCC(=O)c2ccc3c(c2)NC(=O)CO3)cc1. The minimum atomic E-state index is -0.241. The zero-order valence-corrected chi connectivity index (χ0v) is 16.3. The van der Waals surface area contributed by atoms with Crippen LogP contribution in [0.4, 0.5) is 5.69 Å². The lowest BCUT2D eigenvalue weighted by atomic mass is 10.1. The Morgan fingerprint density at radius 2 is 2.10 bits per heavy atom. The summed E-state index contributed by atoms with van der Waals surface area (Å²) in [5.74, 6) is 1.15. The lowest BCUT2D eigenvalue weighted by Crippen LogP contribution is -2.25. The number of carbonyl (C=O) groups is 2. The minimum Gasteiger partial charge on any atom is -0.497 e. The summed E-state index contributed by atoms with van der Waals surface area (Å²) >= 11 is 1.26. The van der Waals surface area contributed by atoms with Crippen molar-refractivity contribution >= 4 is 29.1 Å². The molecule has 4 rings (SSSR count). The molecule has 148 valence electrons. The zero-order chi connectivity index (χ0) is 20.2. The van der Waals surface area contributed by atoms with Crippen molar-refractivity contribution in [3.8, 4) is 11.5 Å². The van der Waals surface area contributed by atoms with Crippen LogP contribution in [0.5, 0.6) is 11.5 Å². The molecule has 2 aromatic carbocycles. The Bertz CT molecular complexity index is 1050. The fraction of sp³-hybridized carbons (Fsp3) is 0.211. The number of amides is 1. The van der Waals surface area contributed by atoms with Crippen molar-refractivity contribution in [1.82, 2.24) is 20.2 Å². The van der Waals surface area contributed by atoms with E-state index >= 15 is 0 Å². The Morgan fingerprint density at radius 1 is 1.28 bits per heavy atom. The summed E-state index contributed by atoms with van der Waals surface area (Å²) in [6.45, 7) is 0.461. The number of carbonyl (C=O) groups excluding carboxylic acids is 2. The monoisotopic (exact) mass is 411 g/mol. The van der Waals surface area contributed by atoms with E-state index in [-0.39, 0.29) is 24.1 Å². The molecule has 1 amide bonds. The van der Waals surface area contributed by atoms with Gasteiger partial charge in [0.1, 0.15) is 11.5 Å². The van der Waals surface area contributed by atoms with Crippen LogP contribution >= 0.6 is 11.8 Å². The molecule has 0 fully saturated rings. The fourth-order valence-corrected chi connectivity index (χ4v) is 3.54. The number of hydrogen-bond acceptors (Lipinski definition) is 8. The lowest BCUT2D eigenvalue weighted by Gasteiger charge is -2.18. The van der Waals surface area contributed by atoms with Gasteiger partial charge < -0.3 is 14.8 Å². The lowest BCUT2D eigenvalue weighted by molar-refractivity contribution is -0.118. The Labute approximate surface area is 170 Å². The number of rotatable bonds is 7. The van der Waals surface area contributed by atoms with Gasteiger partial charge in [-0.3, -0.25) is 9.59 Å². The van der Waals surface area contributed by atoms with Gasteiger partial charge >= 0.3 is 0 Å². The Hall–Kier alpha value is -3.40. The van der Waals surface area contributed by atoms with E-state index in [1.165, 1.54) is 11.8 Å². The molecule has 10 heteroatoms. The van der Waals surface area contributed by atoms with Gasteiger partial charge in [0, 0.05) is 5.56 Å². The van der Waals surface area contributed by atoms with E-state index in [1.807, 2.05) is 24.3 Å². The van der Waals surface area contributed by atoms with Crippen molar-refractivity contribution in [3.63, 3.8) is 0 Å². The zero-order valence-electron chi connectivity index (χ0n) is 15.5. The number of benzene rings is 2. The van der Waals surface area contributed by atoms with E-state index in [9.17, 15) is 9.59 Å². The average molecular weight is 411 g/mol. The van der Waals surface area contributed by atoms with Gasteiger partial charge in [0.05, 0.1) is 25.1 Å². The smallest absolute Gasteiger partial charge is 0.262 e. The number of anilines is 1. The highest BCUT2D eigenvalue weighted by atomic mass is 32.2. The first-order valence-corrected chi connectivity index (χ1v) is 9.73. The van der Waals surface area contributed by atoms with Gasteiger partial charge in [-0.15, -0.1) is 5.10 Å². The molecule has 0 radical (unpaired) electrons. The van der Waals surface area contributed by atoms with E-state index in [0.717, 1.165) is 11.3 Å². The predicted molar refractivity (Wildman–Crippen MR) is 106 cm³/mol. The summed E-state index contributed by atoms with van der Waals surface area (Å²) < 4.78 is 12.1. The summed E-state index contributed by atoms with van der Waals surface area (Å²) in [4.78, 5) is 24.0. The maximum absolute atomic E-state index is 12.6. The van der Waals surface area contributed by atoms with Gasteiger partial charge in [-0.05, 0) is 46.3 Å². The highest BCUT2D eigenvalue weighted by Gasteiger charge is 2.18. The number of ether oxygens (including phenoxy) is 2. The number of aromatic nitrogens is 4. The highest BCUT2D eigenvalue weighted by Crippen LogP contribution is 2.29. The number of methoxy groups -OCH3 is 1. The summed E-state index contributed by atoms with van der Waals surface area (Å²) in [5, 5.41) is 15.0. The van der Waals surface area contributed by atoms with Gasteiger partial charge in [0.15, 0.2) is 12.4 Å². The van der Waals surface area contributed by atoms with Crippen molar-refractivity contribution in [1.29, 1.82) is 0 Å². The van der Waals surface area contributed by atoms with Gasteiger partial charge in [-0.25, -0.2) is 4.68 Å². The summed E-state index contributed by atoms with van der Waals surface area (Å²) in [6.07, 6.45) is 0. The Kier molecular flexibility index (Phi) is 5.43. The van der Waals surface area contributed by atoms with Crippen LogP contribution < -0.4 is 14.8 Å². The number of ketones is 1. The molecule has 0 atom stereocenters. The van der Waals surface area contributed by atoms with Gasteiger partial charge in [0.2, 0.25) is 5.16 Å². The largest absolute Gasteiger partial charge is 0.497 e. The standard InChI is InChI=1S/C19H17N5O4S/c1-27-14-5-2-12(3-6-14)9-24-19(21-22-23-24)29-11-16(25)13-4-7-17-15(8-13)20-18(26)10-28-17/h2-8H,9-11H2,1H3,(H,20,26). The first-order valence-electron chi connectivity index (χ1n) is 8.74. The summed E-state index contributed by atoms with van der Waals surface area (Å²) in [7, 11) is 1.62. The van der Waals surface area contributed by atoms with Crippen molar-refractivity contribution in [2.24, 2.45) is 0 Å². The van der Waals surface area contributed by atoms with Gasteiger partial charge in [-0.1, -0.05) is 23.9 Å². The molecule has 0 aliphatic carbocycles. The van der Waals surface area contributed by atoms with Crippen LogP contribution in [0.2, 0.25) is 0 Å². The fourth-order valence-electron chi connectivity index (χ4n) is 2.77. The number of Topliss-reactive ketones (excluding diaryl/α,β-unsaturated/α-hetero) is 1. The second kappa shape index (κ2) is 8.31. The second-order valence-electron chi connectivity index (χ2n) is 6.23. The quantitative estimate of drug-likeness (QED) is 0.465. The minimum absolute atomic E-state index is 0.0208. The Morgan fingerprint density at radius 3 is 2.90 bits per heavy atom. The number of tetrazole rings is 1. The third-order valence-corrected chi connectivity index (χ3v) is 5.21. The maximum Gasteiger partial charge on any atom is 0.262 e. The molecule has 2 heterocycles. The average Bonchev–Trinajstić information content (AvgIpc) is 3.19. The molecule has 0 spiro atoms. The molecule has 0 bridgehead atoms. The first kappa shape index (κ1) is 18.9. The predicted octanol–water partition coefficient (Wildman–Crippen LogP) is 2.04. The van der Waals surface area contributed by atoms with E-state index in [0.29, 0.717) is 28.7 Å². The number of nitrogens with zero attached hydrogens (tertiary/aromatic N) is 4. The van der Waals surface area contributed by atoms with Crippen LogP contribution in [0, 0.1) is 0 Å². The molecule has 1 aliphatic rings. The van der Waals surface area contributed by atoms with Crippen molar-refractivity contribution in [3.05, 3.63) is 53.6 Å². The molecule has 3 aromatic rings. The van der Waals surface area contributed by atoms with Gasteiger partial charge in [0.25, 0.3) is 5.91 Å². The van der Waals surface area contributed by atoms with E-state index in [1.54, 1.807) is 30.0 Å². The van der Waals surface area contributed by atoms with Crippen LogP contribution in [0.25, 0.3) is 0 Å². The number of thioether (sulfide) groups is 1. The number of fused-ring (bicyclic) bond motifs is 1. The maximum atomic E-state index is 12.6. The van der Waals surface area contributed by atoms with Gasteiger partial charge in [-0.2, -0.15) is 0 Å². The topological polar surface area (TPSA) is 108 Å². The molecule has 9 nitrogen and oxygen atoms in total. The highest BCUT2D eigenvalue weighted by molar-refractivity contribution is 7.99. The number of hydrogen-bond donors (Lipinski definition) is 1. The summed E-state index contributed by atoms with van der Waals surface area (Å²) in [6, 6.07) is 12.6. The third-order valence-electron chi connectivity index (χ3n) is 4.26. The van der Waals surface area contributed by atoms with E-state index in [4.69, 9.17) is 9.47 Å². The Balaban J connectivity index is 1.40. The number of nitrogens with one attached hydrogen (secondary N) is 1. The summed E-state index contributed by atoms with van der Waals surface area (Å²) in [5.41, 5.74) is 1.99. The molecule has 1 N–H and O–H groups in total. The van der Waals surface area contributed by atoms with E-state index in [2.05, 4.69) is 20.8 Å². The van der Waals surface area contributed by atoms with Crippen molar-refractivity contribution < 1.29 is 19.1 Å². The van der Waals surface area contributed by atoms with Crippen LogP contribution in [0.1, 0.15) is 15.9 Å². The van der Waals surface area contributed by atoms with Crippen molar-refractivity contribution in [2.75, 3.05) is 24.8 Å². The molecular formula is C19H17N5O4S. The van der Waals surface area contributed by atoms with Crippen LogP contribution in [0.15, 0.2) is 47.6 Å². The molecule has 1 aromatic heterocycles. The molecule has 0 saturated carbocycles. The van der Waals surface area contributed by atoms with Crippen LogP contribution in [0.3, 0.4) is 0 Å². The molecule has 1 aliphatic heterocycles. The normalized spacial score (nSPS) is 12.7. The molecule has 0 saturated heterocycles. The van der Waals surface area contributed by atoms with Crippen LogP contribution in [-0.2, 0) is 11.3 Å². The molecule has 0 unspecified atom stereocenters. The molecule has 29 heavy (non-hydrogen) atoms. The molecular weight excluding hydrogens is 394 g/mol. The van der Waals surface area contributed by atoms with Crippen molar-refractivity contribution in [2.45, 2.75) is 11.7 Å². The second-order valence-corrected chi connectivity index (χ2v) is 7.17. The third kappa shape index (κ3) is 4.37.